The molecule has 3 rings (SSSR count). The molecule has 1 fully saturated rings. The molecule has 0 aliphatic carbocycles. The minimum Gasteiger partial charge on any atom is -0.388 e. The fourth-order valence-electron chi connectivity index (χ4n) is 3.34. The molecule has 0 saturated carbocycles. The molecule has 2 aromatic carbocycles. The summed E-state index contributed by atoms with van der Waals surface area (Å²) >= 11 is 5.83. The summed E-state index contributed by atoms with van der Waals surface area (Å²) in [7, 11) is -3.98. The molecular weight excluding hydrogens is 433 g/mol. The number of amides is 1. The molecule has 1 aliphatic rings. The predicted octanol–water partition coefficient (Wildman–Crippen LogP) is 1.76. The van der Waals surface area contributed by atoms with E-state index in [1.54, 1.807) is 24.3 Å². The van der Waals surface area contributed by atoms with Gasteiger partial charge in [0.15, 0.2) is 0 Å². The number of hydrogen-bond acceptors (Lipinski definition) is 5. The van der Waals surface area contributed by atoms with Crippen molar-refractivity contribution in [3.05, 3.63) is 64.9 Å². The molecule has 0 spiro atoms. The number of carbonyl (C=O) groups excluding carboxylic acids is 1. The monoisotopic (exact) mass is 455 g/mol. The van der Waals surface area contributed by atoms with Gasteiger partial charge in [-0.1, -0.05) is 35.9 Å². The van der Waals surface area contributed by atoms with Gasteiger partial charge in [0.05, 0.1) is 12.1 Å². The molecule has 2 atom stereocenters. The highest BCUT2D eigenvalue weighted by Gasteiger charge is 2.33. The highest BCUT2D eigenvalue weighted by Crippen LogP contribution is 2.23. The summed E-state index contributed by atoms with van der Waals surface area (Å²) in [6, 6.07) is 10.9. The number of aliphatic hydroxyl groups is 1. The Labute approximate surface area is 179 Å². The number of rotatable bonds is 6. The molecule has 1 heterocycles. The van der Waals surface area contributed by atoms with Crippen molar-refractivity contribution in [2.24, 2.45) is 5.73 Å². The molecule has 2 unspecified atom stereocenters. The van der Waals surface area contributed by atoms with Crippen molar-refractivity contribution in [2.45, 2.75) is 23.5 Å². The zero-order chi connectivity index (χ0) is 21.9. The summed E-state index contributed by atoms with van der Waals surface area (Å²) in [5.74, 6) is -1.18. The normalized spacial score (nSPS) is 17.5. The van der Waals surface area contributed by atoms with E-state index in [4.69, 9.17) is 17.3 Å². The second-order valence-corrected chi connectivity index (χ2v) is 9.41. The van der Waals surface area contributed by atoms with Crippen LogP contribution in [-0.2, 0) is 14.8 Å². The largest absolute Gasteiger partial charge is 0.388 e. The molecule has 2 aromatic rings. The Morgan fingerprint density at radius 1 is 1.10 bits per heavy atom. The summed E-state index contributed by atoms with van der Waals surface area (Å²) in [6.07, 6.45) is -0.905. The van der Waals surface area contributed by atoms with Crippen molar-refractivity contribution < 1.29 is 22.7 Å². The first kappa shape index (κ1) is 22.6. The number of nitrogens with two attached hydrogens (primary N) is 1. The van der Waals surface area contributed by atoms with Crippen LogP contribution in [0.25, 0.3) is 0 Å². The topological polar surface area (TPSA) is 104 Å². The number of hydrogen-bond donors (Lipinski definition) is 2. The summed E-state index contributed by atoms with van der Waals surface area (Å²) in [5, 5.41) is 10.8. The summed E-state index contributed by atoms with van der Waals surface area (Å²) in [6.45, 7) is 0.345. The van der Waals surface area contributed by atoms with Gasteiger partial charge in [0.25, 0.3) is 0 Å². The fraction of sp³-hybridized carbons (Fsp3) is 0.350. The number of benzene rings is 2. The fourth-order valence-corrected chi connectivity index (χ4v) is 4.95. The number of piperazine rings is 1. The van der Waals surface area contributed by atoms with E-state index in [9.17, 15) is 22.7 Å². The van der Waals surface area contributed by atoms with E-state index in [0.717, 1.165) is 10.4 Å². The lowest BCUT2D eigenvalue weighted by molar-refractivity contribution is -0.134. The zero-order valence-corrected chi connectivity index (χ0v) is 17.7. The van der Waals surface area contributed by atoms with Gasteiger partial charge in [-0.2, -0.15) is 4.31 Å². The zero-order valence-electron chi connectivity index (χ0n) is 16.1. The third kappa shape index (κ3) is 4.98. The van der Waals surface area contributed by atoms with E-state index >= 15 is 0 Å². The van der Waals surface area contributed by atoms with E-state index in [1.807, 2.05) is 0 Å². The Kier molecular flexibility index (Phi) is 7.10. The predicted molar refractivity (Wildman–Crippen MR) is 111 cm³/mol. The smallest absolute Gasteiger partial charge is 0.246 e. The molecule has 10 heteroatoms. The summed E-state index contributed by atoms with van der Waals surface area (Å²) in [4.78, 5) is 13.7. The molecule has 7 nitrogen and oxygen atoms in total. The average molecular weight is 456 g/mol. The van der Waals surface area contributed by atoms with Gasteiger partial charge in [0.2, 0.25) is 15.9 Å². The van der Waals surface area contributed by atoms with Crippen molar-refractivity contribution in [1.82, 2.24) is 9.21 Å². The Hall–Kier alpha value is -2.04. The number of sulfonamides is 1. The maximum absolute atomic E-state index is 13.9. The van der Waals surface area contributed by atoms with Crippen LogP contribution in [0.5, 0.6) is 0 Å². The maximum atomic E-state index is 13.9. The SMILES string of the molecule is NC(CC(O)c1ccc(Cl)cc1)C(=O)N1CCN(S(=O)(=O)c2ccccc2F)CC1. The van der Waals surface area contributed by atoms with Crippen LogP contribution < -0.4 is 5.73 Å². The van der Waals surface area contributed by atoms with Crippen molar-refractivity contribution >= 4 is 27.5 Å². The van der Waals surface area contributed by atoms with Crippen molar-refractivity contribution in [3.63, 3.8) is 0 Å². The van der Waals surface area contributed by atoms with Crippen LogP contribution in [-0.4, -0.2) is 60.9 Å². The Bertz CT molecular complexity index is 995. The summed E-state index contributed by atoms with van der Waals surface area (Å²) in [5.41, 5.74) is 6.59. The van der Waals surface area contributed by atoms with Gasteiger partial charge in [0, 0.05) is 37.6 Å². The van der Waals surface area contributed by atoms with Crippen LogP contribution in [0.2, 0.25) is 5.02 Å². The highest BCUT2D eigenvalue weighted by molar-refractivity contribution is 7.89. The molecule has 0 aromatic heterocycles. The lowest BCUT2D eigenvalue weighted by Crippen LogP contribution is -2.54. The first-order valence-electron chi connectivity index (χ1n) is 9.42. The lowest BCUT2D eigenvalue weighted by atomic mass is 10.0. The van der Waals surface area contributed by atoms with Crippen LogP contribution >= 0.6 is 11.6 Å². The van der Waals surface area contributed by atoms with Gasteiger partial charge in [-0.15, -0.1) is 0 Å². The van der Waals surface area contributed by atoms with E-state index in [2.05, 4.69) is 0 Å². The van der Waals surface area contributed by atoms with Crippen LogP contribution in [0, 0.1) is 5.82 Å². The van der Waals surface area contributed by atoms with Gasteiger partial charge in [-0.25, -0.2) is 12.8 Å². The van der Waals surface area contributed by atoms with Gasteiger partial charge in [-0.05, 0) is 29.8 Å². The minimum absolute atomic E-state index is 0.0220. The van der Waals surface area contributed by atoms with E-state index in [1.165, 1.54) is 23.1 Å². The minimum atomic E-state index is -3.98. The third-order valence-corrected chi connectivity index (χ3v) is 7.24. The molecule has 1 aliphatic heterocycles. The number of halogens is 2. The van der Waals surface area contributed by atoms with E-state index < -0.39 is 28.0 Å². The van der Waals surface area contributed by atoms with Crippen molar-refractivity contribution in [2.75, 3.05) is 26.2 Å². The van der Waals surface area contributed by atoms with Gasteiger partial charge in [-0.3, -0.25) is 4.79 Å². The molecule has 1 saturated heterocycles. The molecule has 162 valence electrons. The molecule has 0 bridgehead atoms. The number of aliphatic hydroxyl groups excluding tert-OH is 1. The number of nitrogens with zero attached hydrogens (tertiary/aromatic N) is 2. The lowest BCUT2D eigenvalue weighted by Gasteiger charge is -2.35. The molecule has 30 heavy (non-hydrogen) atoms. The Morgan fingerprint density at radius 3 is 2.30 bits per heavy atom. The number of carbonyl (C=O) groups is 1. The maximum Gasteiger partial charge on any atom is 0.246 e. The second kappa shape index (κ2) is 9.40. The average Bonchev–Trinajstić information content (AvgIpc) is 2.74. The van der Waals surface area contributed by atoms with Crippen LogP contribution in [0.3, 0.4) is 0 Å². The van der Waals surface area contributed by atoms with Crippen molar-refractivity contribution in [3.8, 4) is 0 Å². The molecular formula is C20H23ClFN3O4S. The quantitative estimate of drug-likeness (QED) is 0.690. The third-order valence-electron chi connectivity index (χ3n) is 5.05. The first-order chi connectivity index (χ1) is 14.2. The summed E-state index contributed by atoms with van der Waals surface area (Å²) < 4.78 is 40.4. The Morgan fingerprint density at radius 2 is 1.70 bits per heavy atom. The molecule has 0 radical (unpaired) electrons. The first-order valence-corrected chi connectivity index (χ1v) is 11.2. The van der Waals surface area contributed by atoms with Crippen LogP contribution in [0.4, 0.5) is 4.39 Å². The second-order valence-electron chi connectivity index (χ2n) is 7.07. The van der Waals surface area contributed by atoms with E-state index in [-0.39, 0.29) is 43.4 Å². The van der Waals surface area contributed by atoms with Crippen molar-refractivity contribution in [1.29, 1.82) is 0 Å². The van der Waals surface area contributed by atoms with Gasteiger partial charge in [0.1, 0.15) is 10.7 Å². The van der Waals surface area contributed by atoms with Gasteiger partial charge >= 0.3 is 0 Å². The van der Waals surface area contributed by atoms with E-state index in [0.29, 0.717) is 10.6 Å². The standard InChI is InChI=1S/C20H23ClFN3O4S/c21-15-7-5-14(6-8-15)18(26)13-17(23)20(27)24-9-11-25(12-10-24)30(28,29)19-4-2-1-3-16(19)22/h1-8,17-18,26H,9-13,23H2. The highest BCUT2D eigenvalue weighted by atomic mass is 35.5. The van der Waals surface area contributed by atoms with Crippen LogP contribution in [0.15, 0.2) is 53.4 Å². The molecule has 3 N–H and O–H groups in total. The molecule has 1 amide bonds. The van der Waals surface area contributed by atoms with Gasteiger partial charge < -0.3 is 15.7 Å². The Balaban J connectivity index is 1.58. The van der Waals surface area contributed by atoms with Crippen LogP contribution in [0.1, 0.15) is 18.1 Å².